The number of amides is 2. The normalized spacial score (nSPS) is 13.0. The third-order valence-electron chi connectivity index (χ3n) is 6.21. The Kier molecular flexibility index (Phi) is 10.3. The van der Waals surface area contributed by atoms with Crippen LogP contribution < -0.4 is 14.4 Å². The van der Waals surface area contributed by atoms with Crippen LogP contribution in [0.3, 0.4) is 0 Å². The number of nitrogens with one attached hydrogen (secondary N) is 1. The van der Waals surface area contributed by atoms with E-state index in [2.05, 4.69) is 5.32 Å². The van der Waals surface area contributed by atoms with Crippen LogP contribution in [-0.2, 0) is 26.2 Å². The van der Waals surface area contributed by atoms with Crippen molar-refractivity contribution in [1.29, 1.82) is 0 Å². The number of methoxy groups -OCH3 is 1. The summed E-state index contributed by atoms with van der Waals surface area (Å²) in [5.74, 6) is -0.0361. The molecule has 198 valence electrons. The number of benzene rings is 2. The molecule has 0 aliphatic rings. The summed E-state index contributed by atoms with van der Waals surface area (Å²) in [6, 6.07) is 11.9. The molecule has 2 aromatic rings. The molecule has 0 heterocycles. The fraction of sp³-hybridized carbons (Fsp3) is 0.481. The molecular formula is C27H39N3O5S. The molecule has 1 N–H and O–H groups in total. The van der Waals surface area contributed by atoms with Crippen molar-refractivity contribution >= 4 is 27.5 Å². The van der Waals surface area contributed by atoms with E-state index < -0.39 is 28.5 Å². The van der Waals surface area contributed by atoms with E-state index in [0.29, 0.717) is 17.9 Å². The van der Waals surface area contributed by atoms with Gasteiger partial charge in [-0.3, -0.25) is 13.9 Å². The maximum absolute atomic E-state index is 13.8. The first kappa shape index (κ1) is 29.2. The van der Waals surface area contributed by atoms with Gasteiger partial charge in [0, 0.05) is 12.6 Å². The zero-order valence-electron chi connectivity index (χ0n) is 22.4. The van der Waals surface area contributed by atoms with E-state index in [1.807, 2.05) is 52.0 Å². The second-order valence-corrected chi connectivity index (χ2v) is 11.1. The summed E-state index contributed by atoms with van der Waals surface area (Å²) in [5, 5.41) is 2.97. The van der Waals surface area contributed by atoms with Crippen LogP contribution in [0.15, 0.2) is 42.5 Å². The summed E-state index contributed by atoms with van der Waals surface area (Å²) in [4.78, 5) is 28.4. The molecular weight excluding hydrogens is 478 g/mol. The molecule has 36 heavy (non-hydrogen) atoms. The highest BCUT2D eigenvalue weighted by atomic mass is 32.2. The van der Waals surface area contributed by atoms with E-state index in [-0.39, 0.29) is 18.5 Å². The van der Waals surface area contributed by atoms with Gasteiger partial charge in [0.05, 0.1) is 19.1 Å². The summed E-state index contributed by atoms with van der Waals surface area (Å²) in [6.45, 7) is 9.14. The molecule has 0 spiro atoms. The highest BCUT2D eigenvalue weighted by molar-refractivity contribution is 7.92. The number of hydrogen-bond acceptors (Lipinski definition) is 5. The quantitative estimate of drug-likeness (QED) is 0.462. The Morgan fingerprint density at radius 2 is 1.67 bits per heavy atom. The molecule has 0 aliphatic heterocycles. The molecule has 0 unspecified atom stereocenters. The Morgan fingerprint density at radius 1 is 1.03 bits per heavy atom. The smallest absolute Gasteiger partial charge is 0.244 e. The van der Waals surface area contributed by atoms with Gasteiger partial charge in [0.1, 0.15) is 18.3 Å². The monoisotopic (exact) mass is 517 g/mol. The fourth-order valence-electron chi connectivity index (χ4n) is 3.87. The lowest BCUT2D eigenvalue weighted by atomic mass is 10.1. The van der Waals surface area contributed by atoms with Gasteiger partial charge >= 0.3 is 0 Å². The van der Waals surface area contributed by atoms with Crippen LogP contribution in [0.2, 0.25) is 0 Å². The van der Waals surface area contributed by atoms with Crippen LogP contribution in [0, 0.1) is 13.8 Å². The zero-order chi connectivity index (χ0) is 27.0. The SMILES string of the molecule is CC[C@@H](C)NC(=O)[C@@H](CC)N(Cc1ccc(OC)cc1)C(=O)CN(c1cc(C)ccc1C)S(C)(=O)=O. The van der Waals surface area contributed by atoms with Crippen molar-refractivity contribution in [2.24, 2.45) is 0 Å². The highest BCUT2D eigenvalue weighted by Gasteiger charge is 2.32. The van der Waals surface area contributed by atoms with Gasteiger partial charge in [0.2, 0.25) is 21.8 Å². The van der Waals surface area contributed by atoms with Crippen molar-refractivity contribution < 1.29 is 22.7 Å². The van der Waals surface area contributed by atoms with Crippen LogP contribution in [-0.4, -0.2) is 57.1 Å². The van der Waals surface area contributed by atoms with Crippen molar-refractivity contribution in [2.45, 2.75) is 66.1 Å². The van der Waals surface area contributed by atoms with Crippen molar-refractivity contribution in [3.05, 3.63) is 59.2 Å². The first-order valence-corrected chi connectivity index (χ1v) is 14.0. The van der Waals surface area contributed by atoms with Gasteiger partial charge in [-0.25, -0.2) is 8.42 Å². The maximum Gasteiger partial charge on any atom is 0.244 e. The Bertz CT molecular complexity index is 1150. The Hall–Kier alpha value is -3.07. The molecule has 2 rings (SSSR count). The van der Waals surface area contributed by atoms with E-state index in [1.54, 1.807) is 32.2 Å². The Morgan fingerprint density at radius 3 is 2.19 bits per heavy atom. The molecule has 0 aliphatic carbocycles. The number of rotatable bonds is 12. The zero-order valence-corrected chi connectivity index (χ0v) is 23.2. The number of carbonyl (C=O) groups is 2. The largest absolute Gasteiger partial charge is 0.497 e. The summed E-state index contributed by atoms with van der Waals surface area (Å²) >= 11 is 0. The second kappa shape index (κ2) is 12.8. The Balaban J connectivity index is 2.48. The van der Waals surface area contributed by atoms with Crippen LogP contribution in [0.4, 0.5) is 5.69 Å². The number of ether oxygens (including phenoxy) is 1. The van der Waals surface area contributed by atoms with Crippen LogP contribution >= 0.6 is 0 Å². The molecule has 2 aromatic carbocycles. The van der Waals surface area contributed by atoms with Gasteiger partial charge < -0.3 is 15.0 Å². The van der Waals surface area contributed by atoms with Crippen LogP contribution in [0.5, 0.6) is 5.75 Å². The van der Waals surface area contributed by atoms with Gasteiger partial charge in [0.25, 0.3) is 0 Å². The van der Waals surface area contributed by atoms with E-state index in [9.17, 15) is 18.0 Å². The van der Waals surface area contributed by atoms with Gasteiger partial charge in [0.15, 0.2) is 0 Å². The molecule has 0 bridgehead atoms. The van der Waals surface area contributed by atoms with Gasteiger partial charge in [-0.05, 0) is 68.5 Å². The number of anilines is 1. The summed E-state index contributed by atoms with van der Waals surface area (Å²) in [5.41, 5.74) is 2.87. The Labute approximate surface area is 215 Å². The molecule has 9 heteroatoms. The van der Waals surface area contributed by atoms with E-state index in [4.69, 9.17) is 4.74 Å². The summed E-state index contributed by atoms with van der Waals surface area (Å²) in [6.07, 6.45) is 2.22. The standard InChI is InChI=1S/C27H39N3O5S/c1-8-21(5)28-27(32)24(9-2)29(17-22-12-14-23(35-6)15-13-22)26(31)18-30(36(7,33)34)25-16-19(3)10-11-20(25)4/h10-16,21,24H,8-9,17-18H2,1-7H3,(H,28,32)/t21-,24-/m1/s1. The third kappa shape index (κ3) is 7.71. The predicted octanol–water partition coefficient (Wildman–Crippen LogP) is 3.80. The number of hydrogen-bond donors (Lipinski definition) is 1. The minimum absolute atomic E-state index is 0.0491. The number of aryl methyl sites for hydroxylation is 2. The summed E-state index contributed by atoms with van der Waals surface area (Å²) < 4.78 is 32.0. The van der Waals surface area contributed by atoms with E-state index in [1.165, 1.54) is 4.90 Å². The molecule has 0 saturated carbocycles. The van der Waals surface area contributed by atoms with Crippen LogP contribution in [0.1, 0.15) is 50.3 Å². The molecule has 8 nitrogen and oxygen atoms in total. The molecule has 2 atom stereocenters. The molecule has 0 aromatic heterocycles. The minimum atomic E-state index is -3.77. The van der Waals surface area contributed by atoms with Gasteiger partial charge in [-0.2, -0.15) is 0 Å². The lowest BCUT2D eigenvalue weighted by molar-refractivity contribution is -0.140. The first-order valence-electron chi connectivity index (χ1n) is 12.2. The van der Waals surface area contributed by atoms with Crippen molar-refractivity contribution in [2.75, 3.05) is 24.2 Å². The van der Waals surface area contributed by atoms with Gasteiger partial charge in [-0.1, -0.05) is 38.1 Å². The minimum Gasteiger partial charge on any atom is -0.497 e. The predicted molar refractivity (Wildman–Crippen MR) is 144 cm³/mol. The van der Waals surface area contributed by atoms with Gasteiger partial charge in [-0.15, -0.1) is 0 Å². The topological polar surface area (TPSA) is 96.0 Å². The number of sulfonamides is 1. The van der Waals surface area contributed by atoms with Crippen molar-refractivity contribution in [1.82, 2.24) is 10.2 Å². The average Bonchev–Trinajstić information content (AvgIpc) is 2.83. The lowest BCUT2D eigenvalue weighted by Crippen LogP contribution is -2.53. The fourth-order valence-corrected chi connectivity index (χ4v) is 4.77. The lowest BCUT2D eigenvalue weighted by Gasteiger charge is -2.33. The molecule has 0 saturated heterocycles. The molecule has 2 amide bonds. The molecule has 0 fully saturated rings. The van der Waals surface area contributed by atoms with Crippen molar-refractivity contribution in [3.63, 3.8) is 0 Å². The second-order valence-electron chi connectivity index (χ2n) is 9.17. The number of carbonyl (C=O) groups excluding carboxylic acids is 2. The maximum atomic E-state index is 13.8. The summed E-state index contributed by atoms with van der Waals surface area (Å²) in [7, 11) is -2.20. The van der Waals surface area contributed by atoms with Crippen LogP contribution in [0.25, 0.3) is 0 Å². The third-order valence-corrected chi connectivity index (χ3v) is 7.34. The number of nitrogens with zero attached hydrogens (tertiary/aromatic N) is 2. The van der Waals surface area contributed by atoms with E-state index >= 15 is 0 Å². The van der Waals surface area contributed by atoms with E-state index in [0.717, 1.165) is 33.7 Å². The highest BCUT2D eigenvalue weighted by Crippen LogP contribution is 2.25. The first-order chi connectivity index (χ1) is 16.9. The molecule has 0 radical (unpaired) electrons. The average molecular weight is 518 g/mol. The van der Waals surface area contributed by atoms with Crippen molar-refractivity contribution in [3.8, 4) is 5.75 Å².